The Morgan fingerprint density at radius 3 is 1.88 bits per heavy atom. The number of para-hydroxylation sites is 2. The third-order valence-electron chi connectivity index (χ3n) is 12.2. The zero-order chi connectivity index (χ0) is 47.0. The third-order valence-corrected chi connectivity index (χ3v) is 16.4. The number of hydrogen-bond acceptors (Lipinski definition) is 2. The molecule has 0 bridgehead atoms. The van der Waals surface area contributed by atoms with Gasteiger partial charge in [0.2, 0.25) is 0 Å². The summed E-state index contributed by atoms with van der Waals surface area (Å²) in [5.74, 6) is 8.58. The Hall–Kier alpha value is -5.91. The second kappa shape index (κ2) is 19.3. The summed E-state index contributed by atoms with van der Waals surface area (Å²) in [5, 5.41) is 4.91. The van der Waals surface area contributed by atoms with E-state index < -0.39 is 20.1 Å². The number of rotatable bonds is 8. The van der Waals surface area contributed by atoms with Crippen LogP contribution < -0.4 is 4.40 Å². The molecule has 0 aliphatic rings. The predicted molar refractivity (Wildman–Crippen MR) is 276 cm³/mol. The maximum atomic E-state index is 7.84. The predicted octanol–water partition coefficient (Wildman–Crippen LogP) is 15.8. The molecule has 0 fully saturated rings. The maximum Gasteiger partial charge on any atom is 0 e. The van der Waals surface area contributed by atoms with Crippen molar-refractivity contribution in [3.05, 3.63) is 205 Å². The molecule has 0 saturated heterocycles. The van der Waals surface area contributed by atoms with Crippen LogP contribution >= 0.6 is 0 Å². The Morgan fingerprint density at radius 1 is 0.585 bits per heavy atom. The summed E-state index contributed by atoms with van der Waals surface area (Å²) < 4.78 is 27.3. The van der Waals surface area contributed by atoms with Crippen molar-refractivity contribution in [2.75, 3.05) is 0 Å². The number of aromatic nitrogens is 3. The Bertz CT molecular complexity index is 3340. The van der Waals surface area contributed by atoms with Gasteiger partial charge in [-0.2, -0.15) is 0 Å². The van der Waals surface area contributed by atoms with E-state index in [9.17, 15) is 0 Å². The molecule has 10 rings (SSSR count). The molecule has 0 unspecified atom stereocenters. The number of benzene rings is 8. The van der Waals surface area contributed by atoms with Crippen LogP contribution in [-0.2, 0) is 20.1 Å². The van der Waals surface area contributed by atoms with E-state index in [1.54, 1.807) is 6.07 Å². The van der Waals surface area contributed by atoms with E-state index in [1.165, 1.54) is 53.9 Å². The second-order valence-electron chi connectivity index (χ2n) is 18.3. The van der Waals surface area contributed by atoms with E-state index in [2.05, 4.69) is 188 Å². The first-order valence-electron chi connectivity index (χ1n) is 23.8. The number of hydrogen-bond donors (Lipinski definition) is 0. The van der Waals surface area contributed by atoms with Gasteiger partial charge in [-0.25, -0.2) is 0 Å². The summed E-state index contributed by atoms with van der Waals surface area (Å²) in [6.45, 7) is 7.00. The molecule has 1 radical (unpaired) electrons. The fraction of sp³-hybridized carbons (Fsp3) is 0.167. The monoisotopic (exact) mass is 1090 g/mol. The quantitative estimate of drug-likeness (QED) is 0.0862. The van der Waals surface area contributed by atoms with Gasteiger partial charge in [-0.15, -0.1) is 29.1 Å². The van der Waals surface area contributed by atoms with Crippen molar-refractivity contribution >= 4 is 50.2 Å². The van der Waals surface area contributed by atoms with Crippen molar-refractivity contribution in [1.82, 2.24) is 14.5 Å². The first-order valence-corrected chi connectivity index (χ1v) is 29.6. The van der Waals surface area contributed by atoms with E-state index in [1.807, 2.05) is 48.7 Å². The van der Waals surface area contributed by atoms with Crippen LogP contribution in [-0.4, -0.2) is 27.8 Å². The summed E-state index contributed by atoms with van der Waals surface area (Å²) in [4.78, 5) is 9.86. The van der Waals surface area contributed by atoms with Gasteiger partial charge in [0.25, 0.3) is 0 Å². The minimum absolute atomic E-state index is 0. The summed E-state index contributed by atoms with van der Waals surface area (Å²) in [5.41, 5.74) is 13.0. The molecule has 0 spiro atoms. The SMILES string of the molecule is CC(C)c1cc(-c2ccccc2)cc(C(C)C)c1-n1c(-c2[c-]cc3c(ccc4ccccc43)c2)nc2ccccc21.[2H]C([2H])([2H])c1c[c-]c(-c2cc[c]([Ge]([CH3])([CH3])[CH3])cn2)cc1-c1ccccc1.[Ir]. The molecule has 2 heterocycles. The molecule has 10 aromatic rings. The van der Waals surface area contributed by atoms with Crippen LogP contribution in [0, 0.1) is 19.0 Å². The first kappa shape index (κ1) is 41.8. The minimum atomic E-state index is -2.18. The molecular formula is C60H55GeIrN3-2. The number of imidazole rings is 1. The molecule has 0 N–H and O–H groups in total. The Kier molecular flexibility index (Phi) is 12.4. The van der Waals surface area contributed by atoms with Crippen molar-refractivity contribution in [3.8, 4) is 50.6 Å². The number of aryl methyl sites for hydroxylation is 1. The van der Waals surface area contributed by atoms with Gasteiger partial charge in [-0.05, 0) is 63.7 Å². The maximum absolute atomic E-state index is 7.84. The Morgan fingerprint density at radius 2 is 1.22 bits per heavy atom. The van der Waals surface area contributed by atoms with Crippen molar-refractivity contribution in [3.63, 3.8) is 0 Å². The second-order valence-corrected chi connectivity index (χ2v) is 28.9. The topological polar surface area (TPSA) is 30.7 Å². The fourth-order valence-electron chi connectivity index (χ4n) is 8.62. The normalized spacial score (nSPS) is 12.4. The van der Waals surface area contributed by atoms with E-state index in [-0.39, 0.29) is 20.1 Å². The van der Waals surface area contributed by atoms with Crippen LogP contribution in [0.5, 0.6) is 0 Å². The summed E-state index contributed by atoms with van der Waals surface area (Å²) in [6, 6.07) is 65.4. The summed E-state index contributed by atoms with van der Waals surface area (Å²) in [7, 11) is 0. The van der Waals surface area contributed by atoms with Crippen molar-refractivity contribution in [1.29, 1.82) is 0 Å². The molecule has 0 atom stereocenters. The Balaban J connectivity index is 0.000000201. The summed E-state index contributed by atoms with van der Waals surface area (Å²) >= 11 is -1.91. The van der Waals surface area contributed by atoms with Crippen LogP contribution in [0.3, 0.4) is 0 Å². The van der Waals surface area contributed by atoms with Crippen LogP contribution in [0.1, 0.15) is 60.3 Å². The largest absolute Gasteiger partial charge is 0 e. The average molecular weight is 1090 g/mol. The molecule has 8 aromatic carbocycles. The molecule has 2 aromatic heterocycles. The smallest absolute Gasteiger partial charge is 0 e. The van der Waals surface area contributed by atoms with Gasteiger partial charge < -0.3 is 4.57 Å². The molecule has 5 heteroatoms. The van der Waals surface area contributed by atoms with E-state index in [0.717, 1.165) is 39.2 Å². The van der Waals surface area contributed by atoms with E-state index in [4.69, 9.17) is 9.10 Å². The van der Waals surface area contributed by atoms with Gasteiger partial charge in [0, 0.05) is 25.8 Å². The molecule has 325 valence electrons. The minimum Gasteiger partial charge on any atom is 0 e. The van der Waals surface area contributed by atoms with Crippen LogP contribution in [0.15, 0.2) is 176 Å². The van der Waals surface area contributed by atoms with Crippen LogP contribution in [0.2, 0.25) is 17.3 Å². The van der Waals surface area contributed by atoms with Gasteiger partial charge in [0.1, 0.15) is 0 Å². The van der Waals surface area contributed by atoms with Gasteiger partial charge >= 0.3 is 146 Å². The zero-order valence-electron chi connectivity index (χ0n) is 41.1. The van der Waals surface area contributed by atoms with Gasteiger partial charge in [-0.3, -0.25) is 4.98 Å². The first-order chi connectivity index (χ1) is 32.2. The fourth-order valence-corrected chi connectivity index (χ4v) is 10.8. The Labute approximate surface area is 405 Å². The van der Waals surface area contributed by atoms with E-state index in [0.29, 0.717) is 23.0 Å². The average Bonchev–Trinajstić information content (AvgIpc) is 3.73. The molecular weight excluding hydrogens is 1030 g/mol. The molecule has 0 aliphatic heterocycles. The van der Waals surface area contributed by atoms with Crippen LogP contribution in [0.4, 0.5) is 0 Å². The van der Waals surface area contributed by atoms with Gasteiger partial charge in [0.15, 0.2) is 0 Å². The molecule has 0 saturated carbocycles. The molecule has 0 aliphatic carbocycles. The molecule has 65 heavy (non-hydrogen) atoms. The molecule has 0 amide bonds. The zero-order valence-corrected chi connectivity index (χ0v) is 42.6. The van der Waals surface area contributed by atoms with Gasteiger partial charge in [0.05, 0.1) is 16.9 Å². The molecule has 3 nitrogen and oxygen atoms in total. The number of pyridine rings is 1. The van der Waals surface area contributed by atoms with Gasteiger partial charge in [-0.1, -0.05) is 117 Å². The standard InChI is InChI=1S/C39H33N2.C21H22GeN.Ir/c1-25(2)34-23-31(27-12-6-5-7-13-27)24-35(26(3)4)38(34)41-37-17-11-10-16-36(37)40-39(41)30-20-21-33-29(22-30)19-18-28-14-8-9-15-32(28)33;1-16-10-11-18(14-20(16)17-8-6-5-7-9-17)21-13-12-19(15-23-21)22(2,3)4;/h5-19,21-26H,1-4H3;5-10,12-15H,1-4H3;/q2*-1;/i;1D3;. The van der Waals surface area contributed by atoms with Crippen molar-refractivity contribution < 1.29 is 24.2 Å². The van der Waals surface area contributed by atoms with Crippen molar-refractivity contribution in [2.45, 2.75) is 63.7 Å². The summed E-state index contributed by atoms with van der Waals surface area (Å²) in [6.07, 6.45) is 1.96. The number of fused-ring (bicyclic) bond motifs is 4. The van der Waals surface area contributed by atoms with E-state index >= 15 is 0 Å². The van der Waals surface area contributed by atoms with Crippen LogP contribution in [0.25, 0.3) is 83.2 Å². The third kappa shape index (κ3) is 9.45. The number of nitrogens with zero attached hydrogens (tertiary/aromatic N) is 3. The van der Waals surface area contributed by atoms with Crippen molar-refractivity contribution in [2.24, 2.45) is 0 Å².